The lowest BCUT2D eigenvalue weighted by Crippen LogP contribution is -2.37. The molecule has 4 heteroatoms. The highest BCUT2D eigenvalue weighted by Crippen LogP contribution is 2.14. The van der Waals surface area contributed by atoms with E-state index in [2.05, 4.69) is 18.8 Å². The summed E-state index contributed by atoms with van der Waals surface area (Å²) in [5.41, 5.74) is 0. The third-order valence-electron chi connectivity index (χ3n) is 2.38. The number of rotatable bonds is 4. The van der Waals surface area contributed by atoms with Crippen LogP contribution in [0.3, 0.4) is 0 Å². The number of thiocarbonyl (C=S) groups is 1. The molecule has 0 aliphatic carbocycles. The van der Waals surface area contributed by atoms with Crippen LogP contribution in [-0.4, -0.2) is 28.0 Å². The molecule has 78 valence electrons. The van der Waals surface area contributed by atoms with Crippen LogP contribution < -0.4 is 5.32 Å². The van der Waals surface area contributed by atoms with Crippen LogP contribution >= 0.6 is 12.2 Å². The number of hydrogen-bond donors (Lipinski definition) is 1. The van der Waals surface area contributed by atoms with E-state index in [1.807, 2.05) is 6.92 Å². The molecule has 0 aromatic carbocycles. The Morgan fingerprint density at radius 2 is 2.43 bits per heavy atom. The van der Waals surface area contributed by atoms with Crippen LogP contribution in [0.4, 0.5) is 0 Å². The van der Waals surface area contributed by atoms with Gasteiger partial charge in [-0.15, -0.1) is 6.58 Å². The molecule has 1 aliphatic heterocycles. The molecule has 3 nitrogen and oxygen atoms in total. The fourth-order valence-electron chi connectivity index (χ4n) is 1.52. The Kier molecular flexibility index (Phi) is 3.63. The fourth-order valence-corrected chi connectivity index (χ4v) is 1.92. The summed E-state index contributed by atoms with van der Waals surface area (Å²) in [7, 11) is 0. The molecule has 1 N–H and O–H groups in total. The third-order valence-corrected chi connectivity index (χ3v) is 2.69. The van der Waals surface area contributed by atoms with Crippen LogP contribution in [0.25, 0.3) is 0 Å². The summed E-state index contributed by atoms with van der Waals surface area (Å²) in [6, 6.07) is -0.153. The van der Waals surface area contributed by atoms with Gasteiger partial charge in [0.2, 0.25) is 0 Å². The van der Waals surface area contributed by atoms with Crippen LogP contribution in [0.1, 0.15) is 26.7 Å². The Hall–Kier alpha value is -0.900. The Balaban J connectivity index is 2.74. The van der Waals surface area contributed by atoms with E-state index in [0.29, 0.717) is 5.11 Å². The van der Waals surface area contributed by atoms with Crippen molar-refractivity contribution < 1.29 is 4.79 Å². The van der Waals surface area contributed by atoms with Gasteiger partial charge in [0.15, 0.2) is 5.11 Å². The first kappa shape index (κ1) is 11.2. The molecule has 1 rings (SSSR count). The monoisotopic (exact) mass is 212 g/mol. The molecular weight excluding hydrogens is 196 g/mol. The number of carbonyl (C=O) groups is 1. The zero-order valence-electron chi connectivity index (χ0n) is 8.62. The number of hydrogen-bond acceptors (Lipinski definition) is 2. The molecule has 0 bridgehead atoms. The molecule has 1 heterocycles. The molecule has 1 fully saturated rings. The van der Waals surface area contributed by atoms with Crippen molar-refractivity contribution in [3.63, 3.8) is 0 Å². The Morgan fingerprint density at radius 3 is 2.93 bits per heavy atom. The predicted octanol–water partition coefficient (Wildman–Crippen LogP) is 1.45. The number of carbonyl (C=O) groups excluding carboxylic acids is 1. The zero-order valence-corrected chi connectivity index (χ0v) is 9.43. The van der Waals surface area contributed by atoms with Crippen molar-refractivity contribution in [3.05, 3.63) is 12.7 Å². The second kappa shape index (κ2) is 4.55. The highest BCUT2D eigenvalue weighted by molar-refractivity contribution is 7.80. The second-order valence-corrected chi connectivity index (χ2v) is 3.86. The maximum Gasteiger partial charge on any atom is 0.251 e. The Morgan fingerprint density at radius 1 is 1.79 bits per heavy atom. The molecular formula is C10H16N2OS. The van der Waals surface area contributed by atoms with E-state index in [4.69, 9.17) is 12.2 Å². The lowest BCUT2D eigenvalue weighted by molar-refractivity contribution is -0.127. The molecule has 2 atom stereocenters. The third kappa shape index (κ3) is 1.95. The van der Waals surface area contributed by atoms with Crippen LogP contribution in [0.5, 0.6) is 0 Å². The van der Waals surface area contributed by atoms with Crippen molar-refractivity contribution in [2.24, 2.45) is 0 Å². The lowest BCUT2D eigenvalue weighted by Gasteiger charge is -2.19. The van der Waals surface area contributed by atoms with Crippen molar-refractivity contribution in [3.8, 4) is 0 Å². The molecule has 1 saturated heterocycles. The van der Waals surface area contributed by atoms with E-state index < -0.39 is 0 Å². The number of nitrogens with zero attached hydrogens (tertiary/aromatic N) is 1. The topological polar surface area (TPSA) is 32.3 Å². The van der Waals surface area contributed by atoms with Gasteiger partial charge in [-0.2, -0.15) is 0 Å². The normalized spacial score (nSPS) is 23.6. The molecule has 0 saturated carbocycles. The molecule has 1 amide bonds. The smallest absolute Gasteiger partial charge is 0.251 e. The van der Waals surface area contributed by atoms with Gasteiger partial charge in [-0.25, -0.2) is 0 Å². The highest BCUT2D eigenvalue weighted by atomic mass is 32.1. The number of nitrogens with one attached hydrogen (secondary N) is 1. The maximum atomic E-state index is 11.8. The van der Waals surface area contributed by atoms with Gasteiger partial charge >= 0.3 is 0 Å². The number of amides is 1. The summed E-state index contributed by atoms with van der Waals surface area (Å²) in [5.74, 6) is 0.0734. The maximum absolute atomic E-state index is 11.8. The van der Waals surface area contributed by atoms with Crippen molar-refractivity contribution in [1.82, 2.24) is 10.2 Å². The molecule has 1 aliphatic rings. The van der Waals surface area contributed by atoms with E-state index >= 15 is 0 Å². The summed E-state index contributed by atoms with van der Waals surface area (Å²) in [4.78, 5) is 13.4. The standard InChI is InChI=1S/C10H16N2OS/c1-4-6-8-9(13)12(7(3)5-2)10(14)11-8/h5,7-8H,2,4,6H2,1,3H3,(H,11,14)/t7?,8-/m0/s1. The van der Waals surface area contributed by atoms with E-state index in [1.54, 1.807) is 11.0 Å². The van der Waals surface area contributed by atoms with Gasteiger partial charge in [-0.1, -0.05) is 19.4 Å². The van der Waals surface area contributed by atoms with E-state index in [1.165, 1.54) is 0 Å². The van der Waals surface area contributed by atoms with Gasteiger partial charge < -0.3 is 5.32 Å². The average molecular weight is 212 g/mol. The van der Waals surface area contributed by atoms with Gasteiger partial charge in [0, 0.05) is 0 Å². The summed E-state index contributed by atoms with van der Waals surface area (Å²) >= 11 is 5.10. The van der Waals surface area contributed by atoms with Crippen LogP contribution in [-0.2, 0) is 4.79 Å². The minimum absolute atomic E-state index is 0.0237. The first-order chi connectivity index (χ1) is 6.61. The highest BCUT2D eigenvalue weighted by Gasteiger charge is 2.36. The van der Waals surface area contributed by atoms with Crippen LogP contribution in [0.15, 0.2) is 12.7 Å². The average Bonchev–Trinajstić information content (AvgIpc) is 2.42. The van der Waals surface area contributed by atoms with Crippen LogP contribution in [0, 0.1) is 0 Å². The first-order valence-electron chi connectivity index (χ1n) is 4.88. The van der Waals surface area contributed by atoms with E-state index in [0.717, 1.165) is 12.8 Å². The molecule has 0 aromatic heterocycles. The van der Waals surface area contributed by atoms with Gasteiger partial charge in [-0.3, -0.25) is 9.69 Å². The van der Waals surface area contributed by atoms with E-state index in [-0.39, 0.29) is 18.0 Å². The summed E-state index contributed by atoms with van der Waals surface area (Å²) < 4.78 is 0. The quantitative estimate of drug-likeness (QED) is 0.565. The van der Waals surface area contributed by atoms with Crippen molar-refractivity contribution in [1.29, 1.82) is 0 Å². The second-order valence-electron chi connectivity index (χ2n) is 3.48. The van der Waals surface area contributed by atoms with Crippen molar-refractivity contribution in [2.45, 2.75) is 38.8 Å². The lowest BCUT2D eigenvalue weighted by atomic mass is 10.1. The molecule has 0 spiro atoms. The zero-order chi connectivity index (χ0) is 10.7. The van der Waals surface area contributed by atoms with Crippen molar-refractivity contribution in [2.75, 3.05) is 0 Å². The van der Waals surface area contributed by atoms with E-state index in [9.17, 15) is 4.79 Å². The fraction of sp³-hybridized carbons (Fsp3) is 0.600. The molecule has 0 radical (unpaired) electrons. The van der Waals surface area contributed by atoms with Gasteiger partial charge in [0.05, 0.1) is 6.04 Å². The first-order valence-corrected chi connectivity index (χ1v) is 5.28. The minimum Gasteiger partial charge on any atom is -0.350 e. The largest absolute Gasteiger partial charge is 0.350 e. The summed E-state index contributed by atoms with van der Waals surface area (Å²) in [6.07, 6.45) is 3.53. The van der Waals surface area contributed by atoms with Crippen molar-refractivity contribution >= 4 is 23.2 Å². The predicted molar refractivity (Wildman–Crippen MR) is 60.9 cm³/mol. The van der Waals surface area contributed by atoms with Crippen LogP contribution in [0.2, 0.25) is 0 Å². The summed E-state index contributed by atoms with van der Waals surface area (Å²) in [5, 5.41) is 3.56. The SMILES string of the molecule is C=CC(C)N1C(=O)[C@H](CCC)NC1=S. The van der Waals surface area contributed by atoms with Gasteiger partial charge in [-0.05, 0) is 25.6 Å². The minimum atomic E-state index is -0.130. The molecule has 14 heavy (non-hydrogen) atoms. The molecule has 0 aromatic rings. The Bertz CT molecular complexity index is 265. The van der Waals surface area contributed by atoms with Gasteiger partial charge in [0.25, 0.3) is 5.91 Å². The van der Waals surface area contributed by atoms with Gasteiger partial charge in [0.1, 0.15) is 6.04 Å². The Labute approximate surface area is 90.2 Å². The summed E-state index contributed by atoms with van der Waals surface area (Å²) in [6.45, 7) is 7.63. The molecule has 1 unspecified atom stereocenters.